The van der Waals surface area contributed by atoms with E-state index in [1.165, 1.54) is 95.6 Å². The van der Waals surface area contributed by atoms with Gasteiger partial charge < -0.3 is 16.4 Å². The summed E-state index contributed by atoms with van der Waals surface area (Å²) >= 11 is 0. The maximum atomic E-state index is 5.42. The van der Waals surface area contributed by atoms with Gasteiger partial charge in [0.25, 0.3) is 0 Å². The molecule has 0 aromatic heterocycles. The highest BCUT2D eigenvalue weighted by Crippen LogP contribution is 2.69. The van der Waals surface area contributed by atoms with Gasteiger partial charge in [0, 0.05) is 0 Å². The van der Waals surface area contributed by atoms with Crippen LogP contribution in [-0.4, -0.2) is 32.7 Å². The normalized spacial score (nSPS) is 34.3. The van der Waals surface area contributed by atoms with E-state index in [0.29, 0.717) is 10.8 Å². The van der Waals surface area contributed by atoms with E-state index in [1.807, 2.05) is 27.7 Å². The zero-order valence-corrected chi connectivity index (χ0v) is 33.1. The van der Waals surface area contributed by atoms with E-state index in [2.05, 4.69) is 71.4 Å². The predicted octanol–water partition coefficient (Wildman–Crippen LogP) is 11.4. The molecule has 4 saturated carbocycles. The molecule has 0 spiro atoms. The Morgan fingerprint density at radius 2 is 1.37 bits per heavy atom. The Balaban J connectivity index is 0.000000419. The Bertz CT molecular complexity index is 802. The van der Waals surface area contributed by atoms with Gasteiger partial charge in [-0.3, -0.25) is 0 Å². The molecule has 0 aliphatic heterocycles. The molecule has 3 heteroatoms. The molecule has 0 saturated heterocycles. The molecule has 46 heavy (non-hydrogen) atoms. The van der Waals surface area contributed by atoms with E-state index >= 15 is 0 Å². The molecule has 4 aliphatic rings. The van der Waals surface area contributed by atoms with Gasteiger partial charge >= 0.3 is 0 Å². The van der Waals surface area contributed by atoms with Crippen LogP contribution in [-0.2, 0) is 0 Å². The lowest BCUT2D eigenvalue weighted by Crippen LogP contribution is -2.54. The minimum Gasteiger partial charge on any atom is -0.330 e. The molecule has 4 aliphatic carbocycles. The summed E-state index contributed by atoms with van der Waals surface area (Å²) in [5, 5.41) is 6.92. The molecule has 0 radical (unpaired) electrons. The lowest BCUT2D eigenvalue weighted by Gasteiger charge is -2.62. The predicted molar refractivity (Wildman–Crippen MR) is 208 cm³/mol. The van der Waals surface area contributed by atoms with Crippen LogP contribution < -0.4 is 16.4 Å². The summed E-state index contributed by atoms with van der Waals surface area (Å²) in [6.07, 6.45) is 21.8. The summed E-state index contributed by atoms with van der Waals surface area (Å²) in [5.74, 6) is 7.71. The van der Waals surface area contributed by atoms with Crippen molar-refractivity contribution in [1.82, 2.24) is 10.6 Å². The van der Waals surface area contributed by atoms with E-state index in [0.717, 1.165) is 79.9 Å². The smallest absolute Gasteiger partial charge is 0.00368 e. The fourth-order valence-corrected chi connectivity index (χ4v) is 10.4. The van der Waals surface area contributed by atoms with Crippen molar-refractivity contribution in [3.05, 3.63) is 24.8 Å². The fraction of sp³-hybridized carbons (Fsp3) is 0.907. The second kappa shape index (κ2) is 22.9. The van der Waals surface area contributed by atoms with Crippen molar-refractivity contribution in [1.29, 1.82) is 0 Å². The van der Waals surface area contributed by atoms with Crippen LogP contribution in [0.3, 0.4) is 0 Å². The lowest BCUT2D eigenvalue weighted by molar-refractivity contribution is -0.127. The molecular weight excluding hydrogens is 558 g/mol. The molecule has 4 N–H and O–H groups in total. The molecule has 9 unspecified atom stereocenters. The van der Waals surface area contributed by atoms with Gasteiger partial charge in [0.15, 0.2) is 0 Å². The van der Waals surface area contributed by atoms with Crippen LogP contribution in [0.2, 0.25) is 0 Å². The van der Waals surface area contributed by atoms with E-state index in [1.54, 1.807) is 0 Å². The summed E-state index contributed by atoms with van der Waals surface area (Å²) in [4.78, 5) is 0. The van der Waals surface area contributed by atoms with E-state index in [9.17, 15) is 0 Å². The zero-order valence-electron chi connectivity index (χ0n) is 33.1. The van der Waals surface area contributed by atoms with Crippen molar-refractivity contribution in [2.75, 3.05) is 32.7 Å². The fourth-order valence-electron chi connectivity index (χ4n) is 10.4. The van der Waals surface area contributed by atoms with Crippen LogP contribution in [0.1, 0.15) is 159 Å². The SMILES string of the molecule is C=C(C)C.C=CCC1C(C)CC2(C)C1CCC1C2CCC2CC(C)CCC21C.CC.CC(C)CCCNCCCNCCCCN. The number of nitrogens with two attached hydrogens (primary N) is 1. The molecule has 0 aromatic carbocycles. The van der Waals surface area contributed by atoms with Gasteiger partial charge in [-0.15, -0.1) is 13.2 Å². The molecule has 3 nitrogen and oxygen atoms in total. The number of hydrogen-bond donors (Lipinski definition) is 3. The Kier molecular flexibility index (Phi) is 21.6. The summed E-state index contributed by atoms with van der Waals surface area (Å²) in [7, 11) is 0. The van der Waals surface area contributed by atoms with Crippen molar-refractivity contribution in [3.63, 3.8) is 0 Å². The van der Waals surface area contributed by atoms with Crippen LogP contribution in [0.5, 0.6) is 0 Å². The quantitative estimate of drug-likeness (QED) is 0.130. The number of hydrogen-bond acceptors (Lipinski definition) is 3. The Hall–Kier alpha value is -0.640. The Morgan fingerprint density at radius 3 is 1.96 bits per heavy atom. The zero-order chi connectivity index (χ0) is 34.8. The van der Waals surface area contributed by atoms with Crippen LogP contribution >= 0.6 is 0 Å². The maximum Gasteiger partial charge on any atom is -0.00368 e. The molecule has 9 atom stereocenters. The first-order chi connectivity index (χ1) is 21.9. The topological polar surface area (TPSA) is 50.1 Å². The number of nitrogens with one attached hydrogen (secondary N) is 2. The summed E-state index contributed by atoms with van der Waals surface area (Å²) in [6, 6.07) is 0. The number of rotatable bonds is 14. The number of unbranched alkanes of at least 4 members (excludes halogenated alkanes) is 1. The third-order valence-electron chi connectivity index (χ3n) is 12.5. The summed E-state index contributed by atoms with van der Waals surface area (Å²) < 4.78 is 0. The highest BCUT2D eigenvalue weighted by Gasteiger charge is 2.61. The highest BCUT2D eigenvalue weighted by atomic mass is 14.9. The molecule has 272 valence electrons. The average Bonchev–Trinajstić information content (AvgIpc) is 3.26. The van der Waals surface area contributed by atoms with Gasteiger partial charge in [-0.25, -0.2) is 0 Å². The highest BCUT2D eigenvalue weighted by molar-refractivity contribution is 5.11. The molecule has 0 heterocycles. The van der Waals surface area contributed by atoms with Crippen molar-refractivity contribution in [3.8, 4) is 0 Å². The van der Waals surface area contributed by atoms with Crippen molar-refractivity contribution in [2.45, 2.75) is 159 Å². The standard InChI is InChI=1S/C24H40.C13H31N3.C4H8.C2H6/c1-6-7-19-17(3)15-24(5)20(19)10-11-21-22(24)9-8-18-14-16(2)12-13-23(18,21)4;1-13(2)7-5-10-16-12-6-11-15-9-4-3-8-14;1-4(2)3;1-2/h6,16-22H,1,7-15H2,2-5H3;13,15-16H,3-12,14H2,1-2H3;1H2,2-3H3;1-2H3. The molecule has 0 bridgehead atoms. The van der Waals surface area contributed by atoms with Crippen molar-refractivity contribution in [2.24, 2.45) is 63.9 Å². The minimum atomic E-state index is 0.632. The van der Waals surface area contributed by atoms with E-state index in [4.69, 9.17) is 5.73 Å². The Morgan fingerprint density at radius 1 is 0.826 bits per heavy atom. The van der Waals surface area contributed by atoms with Gasteiger partial charge in [0.2, 0.25) is 0 Å². The first-order valence-electron chi connectivity index (χ1n) is 20.2. The largest absolute Gasteiger partial charge is 0.330 e. The second-order valence-electron chi connectivity index (χ2n) is 17.0. The molecule has 4 fully saturated rings. The third kappa shape index (κ3) is 13.3. The molecule has 4 rings (SSSR count). The van der Waals surface area contributed by atoms with E-state index < -0.39 is 0 Å². The first kappa shape index (κ1) is 43.4. The minimum absolute atomic E-state index is 0.632. The average molecular weight is 644 g/mol. The van der Waals surface area contributed by atoms with Crippen molar-refractivity contribution < 1.29 is 0 Å². The van der Waals surface area contributed by atoms with Gasteiger partial charge in [0.1, 0.15) is 0 Å². The third-order valence-corrected chi connectivity index (χ3v) is 12.5. The monoisotopic (exact) mass is 644 g/mol. The lowest BCUT2D eigenvalue weighted by atomic mass is 9.43. The van der Waals surface area contributed by atoms with Crippen LogP contribution in [0, 0.1) is 58.2 Å². The van der Waals surface area contributed by atoms with Gasteiger partial charge in [-0.05, 0) is 188 Å². The maximum absolute atomic E-state index is 5.42. The molecular formula is C43H85N3. The van der Waals surface area contributed by atoms with E-state index in [-0.39, 0.29) is 0 Å². The van der Waals surface area contributed by atoms with Gasteiger partial charge in [-0.2, -0.15) is 0 Å². The summed E-state index contributed by atoms with van der Waals surface area (Å²) in [6.45, 7) is 36.0. The van der Waals surface area contributed by atoms with Gasteiger partial charge in [-0.1, -0.05) is 73.5 Å². The molecule has 0 amide bonds. The number of fused-ring (bicyclic) bond motifs is 5. The first-order valence-corrected chi connectivity index (χ1v) is 20.2. The number of allylic oxidation sites excluding steroid dienone is 2. The van der Waals surface area contributed by atoms with Crippen LogP contribution in [0.15, 0.2) is 24.8 Å². The van der Waals surface area contributed by atoms with Crippen LogP contribution in [0.25, 0.3) is 0 Å². The van der Waals surface area contributed by atoms with Crippen LogP contribution in [0.4, 0.5) is 0 Å². The van der Waals surface area contributed by atoms with Gasteiger partial charge in [0.05, 0.1) is 0 Å². The Labute approximate surface area is 290 Å². The second-order valence-corrected chi connectivity index (χ2v) is 17.0. The summed E-state index contributed by atoms with van der Waals surface area (Å²) in [5.41, 5.74) is 7.89. The molecule has 0 aromatic rings. The van der Waals surface area contributed by atoms with Crippen molar-refractivity contribution >= 4 is 0 Å².